The van der Waals surface area contributed by atoms with E-state index in [1.807, 2.05) is 12.4 Å². The summed E-state index contributed by atoms with van der Waals surface area (Å²) in [5.41, 5.74) is 4.18. The molecule has 0 aliphatic heterocycles. The molecule has 0 spiro atoms. The summed E-state index contributed by atoms with van der Waals surface area (Å²) in [5, 5.41) is 9.05. The molecule has 2 unspecified atom stereocenters. The molecule has 0 bridgehead atoms. The average Bonchev–Trinajstić information content (AvgIpc) is 2.66. The van der Waals surface area contributed by atoms with Crippen LogP contribution in [0.25, 0.3) is 11.3 Å². The van der Waals surface area contributed by atoms with E-state index in [-0.39, 0.29) is 10.7 Å². The fourth-order valence-electron chi connectivity index (χ4n) is 2.74. The van der Waals surface area contributed by atoms with E-state index in [9.17, 15) is 4.79 Å². The number of unbranched alkanes of at least 4 members (excludes halogenated alkanes) is 2. The van der Waals surface area contributed by atoms with Gasteiger partial charge in [0.05, 0.1) is 23.5 Å². The van der Waals surface area contributed by atoms with E-state index < -0.39 is 5.97 Å². The van der Waals surface area contributed by atoms with Gasteiger partial charge in [-0.3, -0.25) is 14.8 Å². The van der Waals surface area contributed by atoms with Gasteiger partial charge in [-0.2, -0.15) is 0 Å². The van der Waals surface area contributed by atoms with Gasteiger partial charge in [0.2, 0.25) is 0 Å². The average molecular weight is 419 g/mol. The first-order valence-corrected chi connectivity index (χ1v) is 10.2. The Morgan fingerprint density at radius 2 is 1.85 bits per heavy atom. The number of hydrogen-bond acceptors (Lipinski definition) is 3. The van der Waals surface area contributed by atoms with Crippen LogP contribution < -0.4 is 0 Å². The van der Waals surface area contributed by atoms with E-state index in [4.69, 9.17) is 5.11 Å². The fraction of sp³-hybridized carbons (Fsp3) is 0.476. The minimum Gasteiger partial charge on any atom is -0.481 e. The quantitative estimate of drug-likeness (QED) is 0.420. The van der Waals surface area contributed by atoms with Crippen molar-refractivity contribution >= 4 is 21.9 Å². The maximum absolute atomic E-state index is 11.0. The maximum Gasteiger partial charge on any atom is 0.307 e. The van der Waals surface area contributed by atoms with Crippen molar-refractivity contribution in [2.24, 2.45) is 5.92 Å². The molecule has 0 aliphatic carbocycles. The number of carboxylic acids is 1. The molecule has 1 aromatic heterocycles. The lowest BCUT2D eigenvalue weighted by Crippen LogP contribution is -2.20. The minimum absolute atomic E-state index is 0.0224. The van der Waals surface area contributed by atoms with Crippen LogP contribution in [0.4, 0.5) is 0 Å². The van der Waals surface area contributed by atoms with Crippen molar-refractivity contribution in [1.82, 2.24) is 9.97 Å². The Balaban J connectivity index is 1.91. The van der Waals surface area contributed by atoms with Gasteiger partial charge in [-0.1, -0.05) is 66.9 Å². The number of benzene rings is 1. The van der Waals surface area contributed by atoms with Crippen molar-refractivity contribution in [1.29, 1.82) is 0 Å². The molecule has 140 valence electrons. The van der Waals surface area contributed by atoms with Crippen LogP contribution in [-0.2, 0) is 17.6 Å². The first kappa shape index (κ1) is 20.6. The predicted octanol–water partition coefficient (Wildman–Crippen LogP) is 5.29. The lowest BCUT2D eigenvalue weighted by Gasteiger charge is -2.14. The zero-order chi connectivity index (χ0) is 18.9. The van der Waals surface area contributed by atoms with E-state index in [2.05, 4.69) is 57.1 Å². The lowest BCUT2D eigenvalue weighted by atomic mass is 10.00. The molecule has 2 rings (SSSR count). The second kappa shape index (κ2) is 10.4. The Bertz CT molecular complexity index is 686. The Hall–Kier alpha value is -1.75. The molecule has 1 heterocycles. The van der Waals surface area contributed by atoms with E-state index in [0.717, 1.165) is 42.6 Å². The van der Waals surface area contributed by atoms with E-state index in [1.165, 1.54) is 18.4 Å². The minimum atomic E-state index is -0.765. The van der Waals surface area contributed by atoms with Crippen LogP contribution in [0.15, 0.2) is 36.7 Å². The molecule has 1 N–H and O–H groups in total. The topological polar surface area (TPSA) is 63.1 Å². The molecule has 26 heavy (non-hydrogen) atoms. The van der Waals surface area contributed by atoms with Gasteiger partial charge < -0.3 is 5.11 Å². The largest absolute Gasteiger partial charge is 0.481 e. The van der Waals surface area contributed by atoms with E-state index in [0.29, 0.717) is 0 Å². The molecule has 0 saturated heterocycles. The summed E-state index contributed by atoms with van der Waals surface area (Å²) in [6.45, 7) is 3.93. The number of carbonyl (C=O) groups is 1. The van der Waals surface area contributed by atoms with Gasteiger partial charge in [0.1, 0.15) is 0 Å². The molecule has 5 heteroatoms. The van der Waals surface area contributed by atoms with Crippen LogP contribution >= 0.6 is 15.9 Å². The van der Waals surface area contributed by atoms with Gasteiger partial charge in [-0.15, -0.1) is 0 Å². The molecule has 2 atom stereocenters. The van der Waals surface area contributed by atoms with Gasteiger partial charge >= 0.3 is 5.97 Å². The Labute approximate surface area is 164 Å². The molecule has 0 amide bonds. The van der Waals surface area contributed by atoms with Crippen molar-refractivity contribution in [3.63, 3.8) is 0 Å². The number of hydrogen-bond donors (Lipinski definition) is 1. The highest BCUT2D eigenvalue weighted by molar-refractivity contribution is 9.09. The first-order valence-electron chi connectivity index (χ1n) is 9.28. The Kier molecular flexibility index (Phi) is 8.23. The second-order valence-electron chi connectivity index (χ2n) is 6.73. The van der Waals surface area contributed by atoms with Crippen LogP contribution in [0.5, 0.6) is 0 Å². The highest BCUT2D eigenvalue weighted by Gasteiger charge is 2.20. The number of halogens is 1. The molecule has 4 nitrogen and oxygen atoms in total. The normalized spacial score (nSPS) is 13.3. The zero-order valence-corrected chi connectivity index (χ0v) is 17.1. The smallest absolute Gasteiger partial charge is 0.307 e. The SMILES string of the molecule is CCCCCc1cnc(-c2ccc(CCC(Br)C(C)C(=O)O)cc2)cn1. The van der Waals surface area contributed by atoms with Crippen LogP contribution in [0.3, 0.4) is 0 Å². The fourth-order valence-corrected chi connectivity index (χ4v) is 3.20. The van der Waals surface area contributed by atoms with Gasteiger partial charge in [-0.25, -0.2) is 0 Å². The van der Waals surface area contributed by atoms with Crippen molar-refractivity contribution < 1.29 is 9.90 Å². The third-order valence-electron chi connectivity index (χ3n) is 4.63. The summed E-state index contributed by atoms with van der Waals surface area (Å²) in [4.78, 5) is 20.0. The zero-order valence-electron chi connectivity index (χ0n) is 15.5. The third kappa shape index (κ3) is 6.20. The molecule has 0 aliphatic rings. The number of nitrogens with zero attached hydrogens (tertiary/aromatic N) is 2. The van der Waals surface area contributed by atoms with Crippen molar-refractivity contribution in [3.05, 3.63) is 47.9 Å². The number of rotatable bonds is 10. The molecule has 0 saturated carbocycles. The Morgan fingerprint density at radius 1 is 1.12 bits per heavy atom. The number of carboxylic acid groups (broad SMARTS) is 1. The standard InChI is InChI=1S/C21H27BrN2O2/c1-3-4-5-6-18-13-24-20(14-23-18)17-10-7-16(8-11-17)9-12-19(22)15(2)21(25)26/h7-8,10-11,13-15,19H,3-6,9,12H2,1-2H3,(H,25,26). The molecule has 0 radical (unpaired) electrons. The molecular weight excluding hydrogens is 392 g/mol. The summed E-state index contributed by atoms with van der Waals surface area (Å²) in [6, 6.07) is 8.27. The summed E-state index contributed by atoms with van der Waals surface area (Å²) in [7, 11) is 0. The van der Waals surface area contributed by atoms with Crippen LogP contribution in [-0.4, -0.2) is 25.9 Å². The van der Waals surface area contributed by atoms with Crippen LogP contribution in [0.1, 0.15) is 50.8 Å². The number of alkyl halides is 1. The summed E-state index contributed by atoms with van der Waals surface area (Å²) >= 11 is 3.48. The predicted molar refractivity (Wildman–Crippen MR) is 109 cm³/mol. The number of aliphatic carboxylic acids is 1. The van der Waals surface area contributed by atoms with E-state index >= 15 is 0 Å². The number of aromatic nitrogens is 2. The van der Waals surface area contributed by atoms with Gasteiger partial charge in [0.15, 0.2) is 0 Å². The Morgan fingerprint density at radius 3 is 2.42 bits per heavy atom. The highest BCUT2D eigenvalue weighted by atomic mass is 79.9. The van der Waals surface area contributed by atoms with E-state index in [1.54, 1.807) is 6.92 Å². The maximum atomic E-state index is 11.0. The lowest BCUT2D eigenvalue weighted by molar-refractivity contribution is -0.141. The molecule has 0 fully saturated rings. The first-order chi connectivity index (χ1) is 12.5. The summed E-state index contributed by atoms with van der Waals surface area (Å²) in [6.07, 6.45) is 9.95. The molecular formula is C21H27BrN2O2. The van der Waals surface area contributed by atoms with Crippen molar-refractivity contribution in [3.8, 4) is 11.3 Å². The molecule has 1 aromatic carbocycles. The number of aryl methyl sites for hydroxylation is 2. The monoisotopic (exact) mass is 418 g/mol. The van der Waals surface area contributed by atoms with Gasteiger partial charge in [0.25, 0.3) is 0 Å². The second-order valence-corrected chi connectivity index (χ2v) is 7.90. The van der Waals surface area contributed by atoms with Gasteiger partial charge in [0, 0.05) is 16.6 Å². The highest BCUT2D eigenvalue weighted by Crippen LogP contribution is 2.21. The van der Waals surface area contributed by atoms with Crippen molar-refractivity contribution in [2.75, 3.05) is 0 Å². The van der Waals surface area contributed by atoms with Crippen LogP contribution in [0, 0.1) is 5.92 Å². The van der Waals surface area contributed by atoms with Crippen LogP contribution in [0.2, 0.25) is 0 Å². The third-order valence-corrected chi connectivity index (χ3v) is 5.88. The summed E-state index contributed by atoms with van der Waals surface area (Å²) < 4.78 is 0. The summed E-state index contributed by atoms with van der Waals surface area (Å²) in [5.74, 6) is -1.15. The van der Waals surface area contributed by atoms with Gasteiger partial charge in [-0.05, 0) is 31.2 Å². The molecule has 2 aromatic rings. The van der Waals surface area contributed by atoms with Crippen molar-refractivity contribution in [2.45, 2.75) is 57.2 Å².